The van der Waals surface area contributed by atoms with E-state index in [2.05, 4.69) is 35.7 Å². The number of rotatable bonds is 5. The zero-order valence-corrected chi connectivity index (χ0v) is 16.2. The normalized spacial score (nSPS) is 10.7. The number of fused-ring (bicyclic) bond motifs is 1. The van der Waals surface area contributed by atoms with Crippen molar-refractivity contribution in [2.75, 3.05) is 10.6 Å². The molecule has 2 aromatic carbocycles. The van der Waals surface area contributed by atoms with Crippen LogP contribution in [0.15, 0.2) is 85.6 Å². The van der Waals surface area contributed by atoms with E-state index in [-0.39, 0.29) is 11.6 Å². The maximum absolute atomic E-state index is 12.5. The molecule has 0 radical (unpaired) electrons. The first-order chi connectivity index (χ1) is 15.2. The Morgan fingerprint density at radius 1 is 0.871 bits per heavy atom. The lowest BCUT2D eigenvalue weighted by Gasteiger charge is -2.09. The van der Waals surface area contributed by atoms with Crippen molar-refractivity contribution in [1.82, 2.24) is 29.7 Å². The number of nitrogens with one attached hydrogen (secondary N) is 2. The van der Waals surface area contributed by atoms with Gasteiger partial charge in [-0.05, 0) is 42.5 Å². The first-order valence-electron chi connectivity index (χ1n) is 9.47. The van der Waals surface area contributed by atoms with Crippen molar-refractivity contribution < 1.29 is 4.79 Å². The predicted octanol–water partition coefficient (Wildman–Crippen LogP) is 3.60. The fraction of sp³-hybridized carbons (Fsp3) is 0. The highest BCUT2D eigenvalue weighted by molar-refractivity contribution is 6.03. The van der Waals surface area contributed by atoms with Crippen molar-refractivity contribution in [2.45, 2.75) is 0 Å². The van der Waals surface area contributed by atoms with E-state index in [0.29, 0.717) is 22.8 Å². The molecule has 3 heterocycles. The van der Waals surface area contributed by atoms with Crippen LogP contribution < -0.4 is 10.6 Å². The highest BCUT2D eigenvalue weighted by atomic mass is 16.1. The summed E-state index contributed by atoms with van der Waals surface area (Å²) in [6.07, 6.45) is 6.44. The van der Waals surface area contributed by atoms with Crippen molar-refractivity contribution in [3.8, 4) is 5.82 Å². The fourth-order valence-corrected chi connectivity index (χ4v) is 2.99. The van der Waals surface area contributed by atoms with E-state index in [9.17, 15) is 4.79 Å². The van der Waals surface area contributed by atoms with Crippen molar-refractivity contribution >= 4 is 34.1 Å². The number of amides is 1. The van der Waals surface area contributed by atoms with Crippen LogP contribution in [-0.4, -0.2) is 35.6 Å². The van der Waals surface area contributed by atoms with Crippen LogP contribution in [0.4, 0.5) is 17.2 Å². The summed E-state index contributed by atoms with van der Waals surface area (Å²) in [7, 11) is 0. The lowest BCUT2D eigenvalue weighted by Crippen LogP contribution is -2.14. The molecule has 0 spiro atoms. The van der Waals surface area contributed by atoms with Gasteiger partial charge in [0.15, 0.2) is 5.82 Å². The molecular formula is C22H16N8O. The second kappa shape index (κ2) is 7.99. The van der Waals surface area contributed by atoms with E-state index in [1.807, 2.05) is 48.7 Å². The quantitative estimate of drug-likeness (QED) is 0.457. The van der Waals surface area contributed by atoms with E-state index in [1.165, 1.54) is 12.5 Å². The van der Waals surface area contributed by atoms with Gasteiger partial charge in [0, 0.05) is 29.8 Å². The number of benzene rings is 2. The minimum absolute atomic E-state index is 0.257. The highest BCUT2D eigenvalue weighted by Crippen LogP contribution is 2.19. The highest BCUT2D eigenvalue weighted by Gasteiger charge is 2.10. The van der Waals surface area contributed by atoms with Crippen molar-refractivity contribution in [1.29, 1.82) is 0 Å². The zero-order chi connectivity index (χ0) is 21.0. The Morgan fingerprint density at radius 3 is 2.48 bits per heavy atom. The van der Waals surface area contributed by atoms with Crippen LogP contribution in [0.5, 0.6) is 0 Å². The van der Waals surface area contributed by atoms with Gasteiger partial charge >= 0.3 is 0 Å². The molecular weight excluding hydrogens is 392 g/mol. The Hall–Kier alpha value is -4.66. The minimum Gasteiger partial charge on any atom is -0.340 e. The van der Waals surface area contributed by atoms with E-state index in [0.717, 1.165) is 11.2 Å². The molecule has 31 heavy (non-hydrogen) atoms. The lowest BCUT2D eigenvalue weighted by molar-refractivity contribution is 0.102. The zero-order valence-electron chi connectivity index (χ0n) is 16.2. The SMILES string of the molecule is O=C(Nc1ccc(Nc2cc(-n3cccn3)ncn2)cc1)c1cnc2ccccc2n1. The van der Waals surface area contributed by atoms with E-state index in [1.54, 1.807) is 29.1 Å². The van der Waals surface area contributed by atoms with Crippen LogP contribution in [0.25, 0.3) is 16.9 Å². The summed E-state index contributed by atoms with van der Waals surface area (Å²) in [5.74, 6) is 0.963. The number of hydrogen-bond donors (Lipinski definition) is 2. The lowest BCUT2D eigenvalue weighted by atomic mass is 10.2. The Bertz CT molecular complexity index is 1350. The molecule has 0 fully saturated rings. The largest absolute Gasteiger partial charge is 0.340 e. The molecule has 3 aromatic heterocycles. The monoisotopic (exact) mass is 408 g/mol. The third-order valence-corrected chi connectivity index (χ3v) is 4.49. The summed E-state index contributed by atoms with van der Waals surface area (Å²) >= 11 is 0. The molecule has 0 saturated heterocycles. The number of aromatic nitrogens is 6. The van der Waals surface area contributed by atoms with Crippen LogP contribution in [0.2, 0.25) is 0 Å². The molecule has 0 aliphatic heterocycles. The van der Waals surface area contributed by atoms with E-state index in [4.69, 9.17) is 0 Å². The molecule has 5 aromatic rings. The first kappa shape index (κ1) is 18.4. The average molecular weight is 408 g/mol. The van der Waals surface area contributed by atoms with Crippen molar-refractivity contribution in [2.24, 2.45) is 0 Å². The second-order valence-electron chi connectivity index (χ2n) is 6.61. The molecule has 0 aliphatic carbocycles. The van der Waals surface area contributed by atoms with Gasteiger partial charge in [0.2, 0.25) is 0 Å². The first-order valence-corrected chi connectivity index (χ1v) is 9.47. The fourth-order valence-electron chi connectivity index (χ4n) is 2.99. The van der Waals surface area contributed by atoms with Gasteiger partial charge < -0.3 is 10.6 Å². The maximum atomic E-state index is 12.5. The molecule has 2 N–H and O–H groups in total. The summed E-state index contributed by atoms with van der Waals surface area (Å²) in [5, 5.41) is 10.2. The summed E-state index contributed by atoms with van der Waals surface area (Å²) in [6, 6.07) is 18.3. The van der Waals surface area contributed by atoms with Gasteiger partial charge in [-0.2, -0.15) is 5.10 Å². The van der Waals surface area contributed by atoms with E-state index < -0.39 is 0 Å². The van der Waals surface area contributed by atoms with Crippen LogP contribution in [0.3, 0.4) is 0 Å². The molecule has 1 amide bonds. The Kier molecular flexibility index (Phi) is 4.74. The molecule has 0 aliphatic rings. The Morgan fingerprint density at radius 2 is 1.68 bits per heavy atom. The third kappa shape index (κ3) is 4.06. The molecule has 5 rings (SSSR count). The van der Waals surface area contributed by atoms with E-state index >= 15 is 0 Å². The standard InChI is InChI=1S/C22H16N8O/c31-22(19-13-23-17-4-1-2-5-18(17)29-19)28-16-8-6-15(7-9-16)27-20-12-21(25-14-24-20)30-11-3-10-26-30/h1-14H,(H,28,31)(H,24,25,27). The molecule has 0 bridgehead atoms. The topological polar surface area (TPSA) is 111 Å². The summed E-state index contributed by atoms with van der Waals surface area (Å²) in [4.78, 5) is 29.6. The number of anilines is 3. The smallest absolute Gasteiger partial charge is 0.275 e. The maximum Gasteiger partial charge on any atom is 0.275 e. The third-order valence-electron chi connectivity index (χ3n) is 4.49. The van der Waals surface area contributed by atoms with Crippen LogP contribution >= 0.6 is 0 Å². The number of nitrogens with zero attached hydrogens (tertiary/aromatic N) is 6. The van der Waals surface area contributed by atoms with Crippen LogP contribution in [0.1, 0.15) is 10.5 Å². The summed E-state index contributed by atoms with van der Waals surface area (Å²) in [5.41, 5.74) is 3.14. The van der Waals surface area contributed by atoms with Crippen LogP contribution in [0, 0.1) is 0 Å². The van der Waals surface area contributed by atoms with Crippen molar-refractivity contribution in [3.05, 3.63) is 91.3 Å². The molecule has 9 nitrogen and oxygen atoms in total. The summed E-state index contributed by atoms with van der Waals surface area (Å²) < 4.78 is 1.65. The number of carbonyl (C=O) groups excluding carboxylic acids is 1. The number of para-hydroxylation sites is 2. The number of carbonyl (C=O) groups is 1. The minimum atomic E-state index is -0.321. The average Bonchev–Trinajstić information content (AvgIpc) is 3.35. The van der Waals surface area contributed by atoms with Crippen molar-refractivity contribution in [3.63, 3.8) is 0 Å². The van der Waals surface area contributed by atoms with Gasteiger partial charge in [-0.15, -0.1) is 0 Å². The van der Waals surface area contributed by atoms with Gasteiger partial charge in [0.25, 0.3) is 5.91 Å². The molecule has 0 saturated carbocycles. The van der Waals surface area contributed by atoms with Gasteiger partial charge in [-0.25, -0.2) is 19.6 Å². The predicted molar refractivity (Wildman–Crippen MR) is 116 cm³/mol. The Balaban J connectivity index is 1.27. The number of hydrogen-bond acceptors (Lipinski definition) is 7. The van der Waals surface area contributed by atoms with Crippen LogP contribution in [-0.2, 0) is 0 Å². The van der Waals surface area contributed by atoms with Gasteiger partial charge in [-0.1, -0.05) is 12.1 Å². The van der Waals surface area contributed by atoms with Gasteiger partial charge in [0.1, 0.15) is 17.8 Å². The second-order valence-corrected chi connectivity index (χ2v) is 6.61. The summed E-state index contributed by atoms with van der Waals surface area (Å²) in [6.45, 7) is 0. The van der Waals surface area contributed by atoms with Gasteiger partial charge in [-0.3, -0.25) is 9.78 Å². The Labute approximate surface area is 176 Å². The molecule has 0 atom stereocenters. The molecule has 0 unspecified atom stereocenters. The van der Waals surface area contributed by atoms with Gasteiger partial charge in [0.05, 0.1) is 17.2 Å². The molecule has 150 valence electrons. The molecule has 9 heteroatoms.